The molecule has 2 heterocycles. The number of thiophene rings is 1. The van der Waals surface area contributed by atoms with Gasteiger partial charge < -0.3 is 10.1 Å². The zero-order valence-corrected chi connectivity index (χ0v) is 13.7. The van der Waals surface area contributed by atoms with Gasteiger partial charge in [0.25, 0.3) is 0 Å². The molecule has 1 unspecified atom stereocenters. The average molecular weight is 311 g/mol. The molecule has 1 atom stereocenters. The van der Waals surface area contributed by atoms with E-state index in [1.807, 2.05) is 26.2 Å². The number of nitrogens with zero attached hydrogens (tertiary/aromatic N) is 1. The molecule has 20 heavy (non-hydrogen) atoms. The maximum atomic E-state index is 6.02. The molecule has 0 spiro atoms. The van der Waals surface area contributed by atoms with Crippen molar-refractivity contribution in [3.8, 4) is 5.75 Å². The first-order valence-corrected chi connectivity index (χ1v) is 7.67. The van der Waals surface area contributed by atoms with Gasteiger partial charge in [0.2, 0.25) is 0 Å². The Balaban J connectivity index is 2.28. The van der Waals surface area contributed by atoms with Crippen LogP contribution in [0.5, 0.6) is 5.75 Å². The van der Waals surface area contributed by atoms with E-state index in [0.29, 0.717) is 0 Å². The van der Waals surface area contributed by atoms with Crippen molar-refractivity contribution in [3.05, 3.63) is 44.4 Å². The van der Waals surface area contributed by atoms with Crippen molar-refractivity contribution >= 4 is 22.9 Å². The van der Waals surface area contributed by atoms with Crippen LogP contribution in [0, 0.1) is 13.8 Å². The number of aromatic nitrogens is 1. The van der Waals surface area contributed by atoms with Gasteiger partial charge in [-0.2, -0.15) is 0 Å². The first kappa shape index (κ1) is 15.3. The normalized spacial score (nSPS) is 12.4. The Kier molecular flexibility index (Phi) is 5.02. The highest BCUT2D eigenvalue weighted by Crippen LogP contribution is 2.31. The van der Waals surface area contributed by atoms with Crippen LogP contribution in [0.2, 0.25) is 4.34 Å². The highest BCUT2D eigenvalue weighted by molar-refractivity contribution is 7.16. The number of rotatable bonds is 5. The molecule has 108 valence electrons. The Morgan fingerprint density at radius 1 is 1.40 bits per heavy atom. The van der Waals surface area contributed by atoms with Crippen LogP contribution in [-0.2, 0) is 6.42 Å². The molecule has 0 aliphatic carbocycles. The van der Waals surface area contributed by atoms with Gasteiger partial charge in [0.05, 0.1) is 11.4 Å². The molecule has 0 saturated heterocycles. The van der Waals surface area contributed by atoms with E-state index >= 15 is 0 Å². The van der Waals surface area contributed by atoms with Crippen LogP contribution < -0.4 is 10.1 Å². The van der Waals surface area contributed by atoms with Crippen LogP contribution in [0.15, 0.2) is 18.3 Å². The van der Waals surface area contributed by atoms with Crippen LogP contribution in [0.25, 0.3) is 0 Å². The minimum atomic E-state index is 0.214. The number of likely N-dealkylation sites (N-methyl/N-ethyl adjacent to an activating group) is 1. The summed E-state index contributed by atoms with van der Waals surface area (Å²) in [6.45, 7) is 4.07. The topological polar surface area (TPSA) is 34.2 Å². The third-order valence-electron chi connectivity index (χ3n) is 3.43. The van der Waals surface area contributed by atoms with Crippen molar-refractivity contribution in [1.82, 2.24) is 10.3 Å². The first-order valence-electron chi connectivity index (χ1n) is 6.48. The predicted molar refractivity (Wildman–Crippen MR) is 85.1 cm³/mol. The minimum Gasteiger partial charge on any atom is -0.496 e. The van der Waals surface area contributed by atoms with Crippen LogP contribution in [0.4, 0.5) is 0 Å². The molecule has 2 aromatic rings. The smallest absolute Gasteiger partial charge is 0.128 e. The molecular weight excluding hydrogens is 292 g/mol. The molecule has 2 rings (SSSR count). The van der Waals surface area contributed by atoms with Crippen molar-refractivity contribution in [2.24, 2.45) is 0 Å². The van der Waals surface area contributed by atoms with Gasteiger partial charge in [-0.25, -0.2) is 0 Å². The summed E-state index contributed by atoms with van der Waals surface area (Å²) in [4.78, 5) is 5.78. The maximum Gasteiger partial charge on any atom is 0.128 e. The number of nitrogens with one attached hydrogen (secondary N) is 1. The zero-order valence-electron chi connectivity index (χ0n) is 12.2. The molecule has 3 nitrogen and oxygen atoms in total. The van der Waals surface area contributed by atoms with Crippen LogP contribution >= 0.6 is 22.9 Å². The van der Waals surface area contributed by atoms with Crippen molar-refractivity contribution in [2.75, 3.05) is 14.2 Å². The molecule has 5 heteroatoms. The fraction of sp³-hybridized carbons (Fsp3) is 0.400. The Hall–Kier alpha value is -1.10. The van der Waals surface area contributed by atoms with Gasteiger partial charge in [-0.15, -0.1) is 11.3 Å². The zero-order chi connectivity index (χ0) is 14.7. The minimum absolute atomic E-state index is 0.214. The van der Waals surface area contributed by atoms with Crippen LogP contribution in [0.3, 0.4) is 0 Å². The number of hydrogen-bond acceptors (Lipinski definition) is 4. The summed E-state index contributed by atoms with van der Waals surface area (Å²) in [6.07, 6.45) is 2.69. The monoisotopic (exact) mass is 310 g/mol. The maximum absolute atomic E-state index is 6.02. The van der Waals surface area contributed by atoms with Gasteiger partial charge in [0, 0.05) is 40.4 Å². The molecule has 0 aliphatic heterocycles. The van der Waals surface area contributed by atoms with Gasteiger partial charge in [-0.05, 0) is 33.0 Å². The molecule has 0 bridgehead atoms. The summed E-state index contributed by atoms with van der Waals surface area (Å²) in [5, 5.41) is 3.33. The Morgan fingerprint density at radius 2 is 2.15 bits per heavy atom. The number of pyridine rings is 1. The molecule has 0 aromatic carbocycles. The Morgan fingerprint density at radius 3 is 2.70 bits per heavy atom. The molecule has 0 fully saturated rings. The lowest BCUT2D eigenvalue weighted by Crippen LogP contribution is -2.19. The molecule has 0 amide bonds. The van der Waals surface area contributed by atoms with Crippen molar-refractivity contribution in [3.63, 3.8) is 0 Å². The standard InChI is InChI=1S/C15H19ClN2OS/c1-9-8-18-11(10(2)15(9)19-4)7-12(17-3)13-5-6-14(16)20-13/h5-6,8,12,17H,7H2,1-4H3. The van der Waals surface area contributed by atoms with Crippen molar-refractivity contribution in [2.45, 2.75) is 26.3 Å². The lowest BCUT2D eigenvalue weighted by Gasteiger charge is -2.17. The second-order valence-corrected chi connectivity index (χ2v) is 6.48. The third-order valence-corrected chi connectivity index (χ3v) is 4.78. The van der Waals surface area contributed by atoms with E-state index in [1.165, 1.54) is 4.88 Å². The van der Waals surface area contributed by atoms with E-state index in [2.05, 4.69) is 23.3 Å². The van der Waals surface area contributed by atoms with E-state index < -0.39 is 0 Å². The van der Waals surface area contributed by atoms with E-state index in [9.17, 15) is 0 Å². The molecule has 0 radical (unpaired) electrons. The van der Waals surface area contributed by atoms with Gasteiger partial charge in [0.15, 0.2) is 0 Å². The van der Waals surface area contributed by atoms with Gasteiger partial charge in [-0.3, -0.25) is 4.98 Å². The number of methoxy groups -OCH3 is 1. The lowest BCUT2D eigenvalue weighted by molar-refractivity contribution is 0.406. The van der Waals surface area contributed by atoms with Crippen molar-refractivity contribution in [1.29, 1.82) is 0 Å². The second-order valence-electron chi connectivity index (χ2n) is 4.73. The quantitative estimate of drug-likeness (QED) is 0.908. The van der Waals surface area contributed by atoms with Gasteiger partial charge in [0.1, 0.15) is 5.75 Å². The summed E-state index contributed by atoms with van der Waals surface area (Å²) in [6, 6.07) is 4.21. The first-order chi connectivity index (χ1) is 9.56. The highest BCUT2D eigenvalue weighted by atomic mass is 35.5. The summed E-state index contributed by atoms with van der Waals surface area (Å²) in [5.74, 6) is 0.925. The largest absolute Gasteiger partial charge is 0.496 e. The van der Waals surface area contributed by atoms with Crippen molar-refractivity contribution < 1.29 is 4.74 Å². The van der Waals surface area contributed by atoms with Gasteiger partial charge in [-0.1, -0.05) is 11.6 Å². The fourth-order valence-electron chi connectivity index (χ4n) is 2.33. The van der Waals surface area contributed by atoms with E-state index in [1.54, 1.807) is 18.4 Å². The number of aryl methyl sites for hydroxylation is 1. The summed E-state index contributed by atoms with van der Waals surface area (Å²) in [7, 11) is 3.66. The summed E-state index contributed by atoms with van der Waals surface area (Å²) < 4.78 is 6.27. The highest BCUT2D eigenvalue weighted by Gasteiger charge is 2.17. The van der Waals surface area contributed by atoms with Gasteiger partial charge >= 0.3 is 0 Å². The number of halogens is 1. The fourth-order valence-corrected chi connectivity index (χ4v) is 3.50. The van der Waals surface area contributed by atoms with Crippen LogP contribution in [0.1, 0.15) is 27.7 Å². The molecular formula is C15H19ClN2OS. The van der Waals surface area contributed by atoms with E-state index in [4.69, 9.17) is 16.3 Å². The Bertz CT molecular complexity index is 598. The van der Waals surface area contributed by atoms with E-state index in [0.717, 1.165) is 33.3 Å². The number of ether oxygens (including phenoxy) is 1. The second kappa shape index (κ2) is 6.57. The van der Waals surface area contributed by atoms with E-state index in [-0.39, 0.29) is 6.04 Å². The third kappa shape index (κ3) is 3.14. The molecule has 0 aliphatic rings. The Labute approximate surface area is 129 Å². The summed E-state index contributed by atoms with van der Waals surface area (Å²) in [5.41, 5.74) is 3.22. The summed E-state index contributed by atoms with van der Waals surface area (Å²) >= 11 is 7.62. The van der Waals surface area contributed by atoms with Crippen LogP contribution in [-0.4, -0.2) is 19.1 Å². The lowest BCUT2D eigenvalue weighted by atomic mass is 10.0. The molecule has 1 N–H and O–H groups in total. The SMILES string of the molecule is CNC(Cc1ncc(C)c(OC)c1C)c1ccc(Cl)s1. The number of hydrogen-bond donors (Lipinski definition) is 1. The molecule has 0 saturated carbocycles. The average Bonchev–Trinajstić information content (AvgIpc) is 2.85. The predicted octanol–water partition coefficient (Wildman–Crippen LogP) is 3.93. The molecule has 2 aromatic heterocycles.